The maximum atomic E-state index is 10.0. The highest BCUT2D eigenvalue weighted by molar-refractivity contribution is 9.10. The van der Waals surface area contributed by atoms with E-state index in [0.717, 1.165) is 29.7 Å². The van der Waals surface area contributed by atoms with Crippen molar-refractivity contribution in [1.29, 1.82) is 5.26 Å². The summed E-state index contributed by atoms with van der Waals surface area (Å²) in [7, 11) is 0. The van der Waals surface area contributed by atoms with Crippen molar-refractivity contribution in [3.8, 4) is 11.8 Å². The molecule has 0 saturated carbocycles. The Morgan fingerprint density at radius 1 is 1.44 bits per heavy atom. The SMILES string of the molecule is N#Cc1ccc(Br)c([C@@H]2CNCCN2)c1O. The summed E-state index contributed by atoms with van der Waals surface area (Å²) in [5, 5.41) is 25.4. The molecule has 0 amide bonds. The fourth-order valence-corrected chi connectivity index (χ4v) is 2.46. The van der Waals surface area contributed by atoms with Crippen LogP contribution in [0.25, 0.3) is 0 Å². The second-order valence-electron chi connectivity index (χ2n) is 3.68. The lowest BCUT2D eigenvalue weighted by atomic mass is 10.0. The molecule has 1 aromatic rings. The van der Waals surface area contributed by atoms with Crippen molar-refractivity contribution in [3.63, 3.8) is 0 Å². The number of nitriles is 1. The highest BCUT2D eigenvalue weighted by atomic mass is 79.9. The maximum Gasteiger partial charge on any atom is 0.139 e. The average molecular weight is 282 g/mol. The van der Waals surface area contributed by atoms with Crippen LogP contribution in [0.3, 0.4) is 0 Å². The third kappa shape index (κ3) is 2.05. The summed E-state index contributed by atoms with van der Waals surface area (Å²) < 4.78 is 0.824. The van der Waals surface area contributed by atoms with Gasteiger partial charge in [-0.2, -0.15) is 5.26 Å². The molecule has 3 N–H and O–H groups in total. The molecule has 2 rings (SSSR count). The number of hydrogen-bond acceptors (Lipinski definition) is 4. The summed E-state index contributed by atoms with van der Waals surface area (Å²) in [6.07, 6.45) is 0. The van der Waals surface area contributed by atoms with Gasteiger partial charge in [-0.3, -0.25) is 0 Å². The van der Waals surface area contributed by atoms with Crippen LogP contribution in [0.4, 0.5) is 0 Å². The lowest BCUT2D eigenvalue weighted by Crippen LogP contribution is -2.42. The summed E-state index contributed by atoms with van der Waals surface area (Å²) >= 11 is 3.41. The third-order valence-corrected chi connectivity index (χ3v) is 3.37. The quantitative estimate of drug-likeness (QED) is 0.725. The normalized spacial score (nSPS) is 20.4. The topological polar surface area (TPSA) is 68.1 Å². The smallest absolute Gasteiger partial charge is 0.139 e. The largest absolute Gasteiger partial charge is 0.506 e. The van der Waals surface area contributed by atoms with Crippen LogP contribution in [-0.4, -0.2) is 24.7 Å². The minimum Gasteiger partial charge on any atom is -0.506 e. The van der Waals surface area contributed by atoms with Gasteiger partial charge in [0, 0.05) is 35.7 Å². The first kappa shape index (κ1) is 11.4. The summed E-state index contributed by atoms with van der Waals surface area (Å²) in [6.45, 7) is 2.53. The highest BCUT2D eigenvalue weighted by Gasteiger charge is 2.22. The number of phenolic OH excluding ortho intramolecular Hbond substituents is 1. The molecule has 84 valence electrons. The van der Waals surface area contributed by atoms with E-state index in [1.165, 1.54) is 0 Å². The molecular weight excluding hydrogens is 270 g/mol. The van der Waals surface area contributed by atoms with Crippen molar-refractivity contribution in [1.82, 2.24) is 10.6 Å². The Hall–Kier alpha value is -1.09. The second kappa shape index (κ2) is 4.83. The molecule has 0 aliphatic carbocycles. The van der Waals surface area contributed by atoms with Crippen LogP contribution in [0.15, 0.2) is 16.6 Å². The van der Waals surface area contributed by atoms with Gasteiger partial charge >= 0.3 is 0 Å². The molecule has 0 radical (unpaired) electrons. The number of nitrogens with one attached hydrogen (secondary N) is 2. The van der Waals surface area contributed by atoms with E-state index in [4.69, 9.17) is 5.26 Å². The Bertz CT molecular complexity index is 436. The molecular formula is C11H12BrN3O. The number of nitrogens with zero attached hydrogens (tertiary/aromatic N) is 1. The van der Waals surface area contributed by atoms with Gasteiger partial charge < -0.3 is 15.7 Å². The van der Waals surface area contributed by atoms with E-state index in [1.54, 1.807) is 12.1 Å². The number of benzene rings is 1. The van der Waals surface area contributed by atoms with Gasteiger partial charge in [0.1, 0.15) is 11.8 Å². The molecule has 1 aliphatic heterocycles. The number of rotatable bonds is 1. The number of hydrogen-bond donors (Lipinski definition) is 3. The minimum atomic E-state index is 0.0384. The number of phenols is 1. The maximum absolute atomic E-state index is 10.0. The highest BCUT2D eigenvalue weighted by Crippen LogP contribution is 2.34. The van der Waals surface area contributed by atoms with Gasteiger partial charge in [0.2, 0.25) is 0 Å². The van der Waals surface area contributed by atoms with Crippen molar-refractivity contribution in [2.24, 2.45) is 0 Å². The Morgan fingerprint density at radius 3 is 2.88 bits per heavy atom. The zero-order valence-electron chi connectivity index (χ0n) is 8.63. The second-order valence-corrected chi connectivity index (χ2v) is 4.53. The predicted molar refractivity (Wildman–Crippen MR) is 64.1 cm³/mol. The standard InChI is InChI=1S/C11H12BrN3O/c12-8-2-1-7(5-13)11(16)10(8)9-6-14-3-4-15-9/h1-2,9,14-16H,3-4,6H2/t9-/m0/s1. The van der Waals surface area contributed by atoms with Crippen molar-refractivity contribution in [2.75, 3.05) is 19.6 Å². The zero-order chi connectivity index (χ0) is 11.5. The van der Waals surface area contributed by atoms with Crippen molar-refractivity contribution in [2.45, 2.75) is 6.04 Å². The predicted octanol–water partition coefficient (Wildman–Crippen LogP) is 1.26. The van der Waals surface area contributed by atoms with Crippen LogP contribution in [-0.2, 0) is 0 Å². The number of halogens is 1. The van der Waals surface area contributed by atoms with Crippen LogP contribution < -0.4 is 10.6 Å². The van der Waals surface area contributed by atoms with Crippen molar-refractivity contribution >= 4 is 15.9 Å². The Kier molecular flexibility index (Phi) is 3.44. The summed E-state index contributed by atoms with van der Waals surface area (Å²) in [6, 6.07) is 5.43. The fraction of sp³-hybridized carbons (Fsp3) is 0.364. The summed E-state index contributed by atoms with van der Waals surface area (Å²) in [4.78, 5) is 0. The molecule has 0 unspecified atom stereocenters. The van der Waals surface area contributed by atoms with Crippen LogP contribution >= 0.6 is 15.9 Å². The van der Waals surface area contributed by atoms with Gasteiger partial charge in [0.05, 0.1) is 5.56 Å². The molecule has 4 nitrogen and oxygen atoms in total. The first-order valence-corrected chi connectivity index (χ1v) is 5.89. The van der Waals surface area contributed by atoms with Gasteiger partial charge in [0.25, 0.3) is 0 Å². The lowest BCUT2D eigenvalue weighted by molar-refractivity contribution is 0.402. The molecule has 1 fully saturated rings. The monoisotopic (exact) mass is 281 g/mol. The van der Waals surface area contributed by atoms with Crippen LogP contribution in [0.2, 0.25) is 0 Å². The summed E-state index contributed by atoms with van der Waals surface area (Å²) in [5.41, 5.74) is 1.07. The molecule has 16 heavy (non-hydrogen) atoms. The molecule has 5 heteroatoms. The summed E-state index contributed by atoms with van der Waals surface area (Å²) in [5.74, 6) is 0.0677. The molecule has 1 saturated heterocycles. The van der Waals surface area contributed by atoms with E-state index in [9.17, 15) is 5.11 Å². The number of piperazine rings is 1. The van der Waals surface area contributed by atoms with E-state index in [-0.39, 0.29) is 11.8 Å². The fourth-order valence-electron chi connectivity index (χ4n) is 1.86. The Morgan fingerprint density at radius 2 is 2.25 bits per heavy atom. The van der Waals surface area contributed by atoms with Gasteiger partial charge in [-0.1, -0.05) is 15.9 Å². The third-order valence-electron chi connectivity index (χ3n) is 2.67. The number of aromatic hydroxyl groups is 1. The van der Waals surface area contributed by atoms with Gasteiger partial charge in [-0.15, -0.1) is 0 Å². The molecule has 0 bridgehead atoms. The van der Waals surface area contributed by atoms with Gasteiger partial charge in [0.15, 0.2) is 0 Å². The first-order valence-electron chi connectivity index (χ1n) is 5.09. The molecule has 1 atom stereocenters. The van der Waals surface area contributed by atoms with E-state index >= 15 is 0 Å². The van der Waals surface area contributed by atoms with Crippen molar-refractivity contribution < 1.29 is 5.11 Å². The molecule has 0 aromatic heterocycles. The van der Waals surface area contributed by atoms with Gasteiger partial charge in [-0.25, -0.2) is 0 Å². The lowest BCUT2D eigenvalue weighted by Gasteiger charge is -2.26. The average Bonchev–Trinajstić information content (AvgIpc) is 2.31. The zero-order valence-corrected chi connectivity index (χ0v) is 10.2. The first-order chi connectivity index (χ1) is 7.74. The molecule has 1 aliphatic rings. The minimum absolute atomic E-state index is 0.0384. The van der Waals surface area contributed by atoms with Crippen LogP contribution in [0.1, 0.15) is 17.2 Å². The van der Waals surface area contributed by atoms with Crippen LogP contribution in [0, 0.1) is 11.3 Å². The Balaban J connectivity index is 2.42. The Labute approximate surface area is 102 Å². The van der Waals surface area contributed by atoms with Crippen molar-refractivity contribution in [3.05, 3.63) is 27.7 Å². The molecule has 1 aromatic carbocycles. The molecule has 1 heterocycles. The van der Waals surface area contributed by atoms with E-state index in [2.05, 4.69) is 26.6 Å². The van der Waals surface area contributed by atoms with E-state index < -0.39 is 0 Å². The molecule has 0 spiro atoms. The van der Waals surface area contributed by atoms with Gasteiger partial charge in [-0.05, 0) is 12.1 Å². The van der Waals surface area contributed by atoms with E-state index in [1.807, 2.05) is 6.07 Å². The van der Waals surface area contributed by atoms with Crippen LogP contribution in [0.5, 0.6) is 5.75 Å². The van der Waals surface area contributed by atoms with E-state index in [0.29, 0.717) is 5.56 Å².